The standard InChI is InChI=1S/C17H15N3O3S/c1-22-17(21)18-13-7-9-14(10-8-13)23-11-15-19-16(20-24-15)12-5-3-2-4-6-12/h2-10H,11H2,1H3,(H,18,21). The molecule has 24 heavy (non-hydrogen) atoms. The number of carbonyl (C=O) groups is 1. The van der Waals surface area contributed by atoms with E-state index in [9.17, 15) is 4.79 Å². The van der Waals surface area contributed by atoms with Gasteiger partial charge in [0.2, 0.25) is 0 Å². The first-order chi connectivity index (χ1) is 11.7. The summed E-state index contributed by atoms with van der Waals surface area (Å²) in [6, 6.07) is 16.8. The number of hydrogen-bond acceptors (Lipinski definition) is 6. The van der Waals surface area contributed by atoms with Crippen LogP contribution in [-0.2, 0) is 11.3 Å². The monoisotopic (exact) mass is 341 g/mol. The molecule has 3 rings (SSSR count). The van der Waals surface area contributed by atoms with Crippen molar-refractivity contribution in [2.24, 2.45) is 0 Å². The Morgan fingerprint density at radius 1 is 1.12 bits per heavy atom. The molecule has 1 heterocycles. The van der Waals surface area contributed by atoms with Gasteiger partial charge >= 0.3 is 6.09 Å². The maximum atomic E-state index is 11.1. The van der Waals surface area contributed by atoms with Gasteiger partial charge in [0, 0.05) is 11.3 Å². The molecule has 0 radical (unpaired) electrons. The van der Waals surface area contributed by atoms with Gasteiger partial charge in [-0.2, -0.15) is 4.37 Å². The van der Waals surface area contributed by atoms with Gasteiger partial charge in [0.15, 0.2) is 10.8 Å². The summed E-state index contributed by atoms with van der Waals surface area (Å²) in [5.41, 5.74) is 1.62. The van der Waals surface area contributed by atoms with E-state index < -0.39 is 6.09 Å². The van der Waals surface area contributed by atoms with Crippen LogP contribution in [0.2, 0.25) is 0 Å². The molecule has 1 amide bonds. The highest BCUT2D eigenvalue weighted by Gasteiger charge is 2.07. The fourth-order valence-electron chi connectivity index (χ4n) is 1.97. The lowest BCUT2D eigenvalue weighted by atomic mass is 10.2. The van der Waals surface area contributed by atoms with Crippen LogP contribution >= 0.6 is 11.5 Å². The van der Waals surface area contributed by atoms with Crippen molar-refractivity contribution in [1.29, 1.82) is 0 Å². The topological polar surface area (TPSA) is 73.3 Å². The van der Waals surface area contributed by atoms with E-state index >= 15 is 0 Å². The van der Waals surface area contributed by atoms with Crippen molar-refractivity contribution in [2.75, 3.05) is 12.4 Å². The Bertz CT molecular complexity index is 803. The van der Waals surface area contributed by atoms with Gasteiger partial charge in [-0.3, -0.25) is 5.32 Å². The summed E-state index contributed by atoms with van der Waals surface area (Å²) in [7, 11) is 1.32. The molecular weight excluding hydrogens is 326 g/mol. The van der Waals surface area contributed by atoms with Crippen molar-refractivity contribution in [3.05, 3.63) is 59.6 Å². The number of nitrogens with zero attached hydrogens (tertiary/aromatic N) is 2. The van der Waals surface area contributed by atoms with Crippen molar-refractivity contribution in [1.82, 2.24) is 9.36 Å². The van der Waals surface area contributed by atoms with Crippen LogP contribution in [-0.4, -0.2) is 22.6 Å². The van der Waals surface area contributed by atoms with E-state index in [0.29, 0.717) is 23.9 Å². The van der Waals surface area contributed by atoms with Gasteiger partial charge in [-0.15, -0.1) is 0 Å². The predicted molar refractivity (Wildman–Crippen MR) is 92.1 cm³/mol. The number of aromatic nitrogens is 2. The Morgan fingerprint density at radius 3 is 2.58 bits per heavy atom. The molecule has 0 spiro atoms. The van der Waals surface area contributed by atoms with Crippen LogP contribution in [0.4, 0.5) is 10.5 Å². The smallest absolute Gasteiger partial charge is 0.411 e. The highest BCUT2D eigenvalue weighted by Crippen LogP contribution is 2.20. The minimum Gasteiger partial charge on any atom is -0.486 e. The van der Waals surface area contributed by atoms with Crippen LogP contribution in [0.5, 0.6) is 5.75 Å². The maximum absolute atomic E-state index is 11.1. The number of carbonyl (C=O) groups excluding carboxylic acids is 1. The number of methoxy groups -OCH3 is 1. The average Bonchev–Trinajstić information content (AvgIpc) is 3.11. The molecule has 0 aliphatic rings. The van der Waals surface area contributed by atoms with E-state index in [4.69, 9.17) is 4.74 Å². The van der Waals surface area contributed by atoms with Crippen LogP contribution in [0.1, 0.15) is 5.01 Å². The lowest BCUT2D eigenvalue weighted by molar-refractivity contribution is 0.187. The molecule has 0 unspecified atom stereocenters. The Morgan fingerprint density at radius 2 is 1.88 bits per heavy atom. The quantitative estimate of drug-likeness (QED) is 0.760. The van der Waals surface area contributed by atoms with E-state index in [1.165, 1.54) is 18.6 Å². The molecule has 0 atom stereocenters. The number of hydrogen-bond donors (Lipinski definition) is 1. The van der Waals surface area contributed by atoms with Gasteiger partial charge in [0.05, 0.1) is 7.11 Å². The third-order valence-electron chi connectivity index (χ3n) is 3.15. The Kier molecular flexibility index (Phi) is 5.02. The summed E-state index contributed by atoms with van der Waals surface area (Å²) >= 11 is 1.32. The highest BCUT2D eigenvalue weighted by molar-refractivity contribution is 7.05. The minimum atomic E-state index is -0.508. The summed E-state index contributed by atoms with van der Waals surface area (Å²) in [6.07, 6.45) is -0.508. The number of anilines is 1. The number of amides is 1. The number of benzene rings is 2. The highest BCUT2D eigenvalue weighted by atomic mass is 32.1. The predicted octanol–water partition coefficient (Wildman–Crippen LogP) is 3.96. The van der Waals surface area contributed by atoms with E-state index in [2.05, 4.69) is 19.4 Å². The molecule has 0 saturated carbocycles. The summed E-state index contributed by atoms with van der Waals surface area (Å²) in [5, 5.41) is 3.37. The van der Waals surface area contributed by atoms with Gasteiger partial charge in [-0.05, 0) is 35.8 Å². The molecule has 0 aliphatic carbocycles. The molecule has 122 valence electrons. The molecule has 7 heteroatoms. The Balaban J connectivity index is 1.58. The molecule has 2 aromatic carbocycles. The van der Waals surface area contributed by atoms with Crippen LogP contribution in [0, 0.1) is 0 Å². The van der Waals surface area contributed by atoms with Gasteiger partial charge in [0.1, 0.15) is 12.4 Å². The lowest BCUT2D eigenvalue weighted by Crippen LogP contribution is -2.10. The summed E-state index contributed by atoms with van der Waals surface area (Å²) < 4.78 is 14.6. The zero-order valence-electron chi connectivity index (χ0n) is 12.9. The van der Waals surface area contributed by atoms with Crippen LogP contribution in [0.3, 0.4) is 0 Å². The SMILES string of the molecule is COC(=O)Nc1ccc(OCc2nc(-c3ccccc3)ns2)cc1. The van der Waals surface area contributed by atoms with E-state index in [1.54, 1.807) is 24.3 Å². The second kappa shape index (κ2) is 7.56. The molecule has 0 saturated heterocycles. The fraction of sp³-hybridized carbons (Fsp3) is 0.118. The molecule has 6 nitrogen and oxygen atoms in total. The molecule has 0 fully saturated rings. The number of rotatable bonds is 5. The van der Waals surface area contributed by atoms with Crippen molar-refractivity contribution in [2.45, 2.75) is 6.61 Å². The van der Waals surface area contributed by atoms with Crippen molar-refractivity contribution >= 4 is 23.3 Å². The Labute approximate surface area is 143 Å². The molecule has 1 N–H and O–H groups in total. The van der Waals surface area contributed by atoms with Gasteiger partial charge in [0.25, 0.3) is 0 Å². The fourth-order valence-corrected chi connectivity index (χ4v) is 2.54. The molecule has 0 aliphatic heterocycles. The normalized spacial score (nSPS) is 10.2. The van der Waals surface area contributed by atoms with E-state index in [-0.39, 0.29) is 0 Å². The minimum absolute atomic E-state index is 0.342. The van der Waals surface area contributed by atoms with E-state index in [0.717, 1.165) is 10.6 Å². The first-order valence-corrected chi connectivity index (χ1v) is 7.98. The zero-order chi connectivity index (χ0) is 16.8. The summed E-state index contributed by atoms with van der Waals surface area (Å²) in [5.74, 6) is 1.39. The van der Waals surface area contributed by atoms with Gasteiger partial charge < -0.3 is 9.47 Å². The van der Waals surface area contributed by atoms with Crippen LogP contribution < -0.4 is 10.1 Å². The van der Waals surface area contributed by atoms with Crippen LogP contribution in [0.25, 0.3) is 11.4 Å². The summed E-state index contributed by atoms with van der Waals surface area (Å²) in [6.45, 7) is 0.342. The molecule has 3 aromatic rings. The molecule has 0 bridgehead atoms. The maximum Gasteiger partial charge on any atom is 0.411 e. The first kappa shape index (κ1) is 15.9. The molecule has 1 aromatic heterocycles. The largest absolute Gasteiger partial charge is 0.486 e. The number of ether oxygens (including phenoxy) is 2. The van der Waals surface area contributed by atoms with Crippen LogP contribution in [0.15, 0.2) is 54.6 Å². The molecular formula is C17H15N3O3S. The van der Waals surface area contributed by atoms with E-state index in [1.807, 2.05) is 30.3 Å². The first-order valence-electron chi connectivity index (χ1n) is 7.20. The van der Waals surface area contributed by atoms with Gasteiger partial charge in [-0.25, -0.2) is 9.78 Å². The third-order valence-corrected chi connectivity index (χ3v) is 3.83. The van der Waals surface area contributed by atoms with Gasteiger partial charge in [-0.1, -0.05) is 30.3 Å². The summed E-state index contributed by atoms with van der Waals surface area (Å²) in [4.78, 5) is 15.6. The average molecular weight is 341 g/mol. The zero-order valence-corrected chi connectivity index (χ0v) is 13.7. The van der Waals surface area contributed by atoms with Crippen molar-refractivity contribution in [3.63, 3.8) is 0 Å². The van der Waals surface area contributed by atoms with Crippen molar-refractivity contribution < 1.29 is 14.3 Å². The Hall–Kier alpha value is -2.93. The lowest BCUT2D eigenvalue weighted by Gasteiger charge is -2.06. The third kappa shape index (κ3) is 4.08. The second-order valence-electron chi connectivity index (χ2n) is 4.81. The number of nitrogens with one attached hydrogen (secondary N) is 1. The second-order valence-corrected chi connectivity index (χ2v) is 5.64. The van der Waals surface area contributed by atoms with Crippen molar-refractivity contribution in [3.8, 4) is 17.1 Å².